The van der Waals surface area contributed by atoms with Crippen LogP contribution in [-0.4, -0.2) is 32.2 Å². The second kappa shape index (κ2) is 4.63. The molecule has 0 aliphatic heterocycles. The summed E-state index contributed by atoms with van der Waals surface area (Å²) in [4.78, 5) is 12.6. The molecule has 0 saturated heterocycles. The molecule has 0 amide bonds. The average Bonchev–Trinajstić information content (AvgIpc) is 2.36. The molecular formula is C12H16N4O. The number of hydrogen-bond donors (Lipinski definition) is 2. The van der Waals surface area contributed by atoms with Gasteiger partial charge in [-0.3, -0.25) is 4.98 Å². The second-order valence-corrected chi connectivity index (χ2v) is 4.30. The van der Waals surface area contributed by atoms with E-state index in [0.717, 1.165) is 5.52 Å². The zero-order chi connectivity index (χ0) is 12.3. The Morgan fingerprint density at radius 2 is 2.06 bits per heavy atom. The third-order valence-corrected chi connectivity index (χ3v) is 2.74. The summed E-state index contributed by atoms with van der Waals surface area (Å²) in [6.07, 6.45) is 3.94. The molecule has 1 atom stereocenters. The lowest BCUT2D eigenvalue weighted by Crippen LogP contribution is -2.32. The van der Waals surface area contributed by atoms with E-state index in [0.29, 0.717) is 24.4 Å². The Morgan fingerprint density at radius 3 is 2.82 bits per heavy atom. The summed E-state index contributed by atoms with van der Waals surface area (Å²) >= 11 is 0. The van der Waals surface area contributed by atoms with Crippen LogP contribution in [0, 0.1) is 0 Å². The molecule has 5 nitrogen and oxygen atoms in total. The van der Waals surface area contributed by atoms with E-state index < -0.39 is 5.60 Å². The molecule has 17 heavy (non-hydrogen) atoms. The quantitative estimate of drug-likeness (QED) is 0.837. The van der Waals surface area contributed by atoms with Crippen molar-refractivity contribution in [1.82, 2.24) is 15.0 Å². The Hall–Kier alpha value is -1.75. The number of rotatable bonds is 4. The van der Waals surface area contributed by atoms with Crippen molar-refractivity contribution in [2.24, 2.45) is 0 Å². The van der Waals surface area contributed by atoms with Gasteiger partial charge >= 0.3 is 0 Å². The van der Waals surface area contributed by atoms with Crippen LogP contribution in [0.15, 0.2) is 24.5 Å². The van der Waals surface area contributed by atoms with Crippen LogP contribution in [0.3, 0.4) is 0 Å². The Labute approximate surface area is 99.9 Å². The van der Waals surface area contributed by atoms with Gasteiger partial charge in [-0.25, -0.2) is 9.97 Å². The molecule has 5 heteroatoms. The van der Waals surface area contributed by atoms with E-state index in [-0.39, 0.29) is 0 Å². The molecule has 1 unspecified atom stereocenters. The first-order valence-electron chi connectivity index (χ1n) is 5.65. The summed E-state index contributed by atoms with van der Waals surface area (Å²) < 4.78 is 0. The number of aliphatic hydroxyl groups is 1. The van der Waals surface area contributed by atoms with Gasteiger partial charge < -0.3 is 10.4 Å². The van der Waals surface area contributed by atoms with Gasteiger partial charge in [0.05, 0.1) is 5.60 Å². The van der Waals surface area contributed by atoms with E-state index >= 15 is 0 Å². The summed E-state index contributed by atoms with van der Waals surface area (Å²) in [5.74, 6) is 0.701. The van der Waals surface area contributed by atoms with Crippen molar-refractivity contribution >= 4 is 17.0 Å². The van der Waals surface area contributed by atoms with Crippen molar-refractivity contribution in [2.45, 2.75) is 25.9 Å². The van der Waals surface area contributed by atoms with Gasteiger partial charge in [-0.15, -0.1) is 0 Å². The molecule has 2 rings (SSSR count). The lowest BCUT2D eigenvalue weighted by molar-refractivity contribution is 0.0696. The summed E-state index contributed by atoms with van der Waals surface area (Å²) in [6.45, 7) is 4.20. The maximum atomic E-state index is 9.88. The molecule has 0 aliphatic carbocycles. The molecule has 0 saturated carbocycles. The molecule has 0 radical (unpaired) electrons. The van der Waals surface area contributed by atoms with Crippen molar-refractivity contribution in [2.75, 3.05) is 11.9 Å². The Morgan fingerprint density at radius 1 is 1.29 bits per heavy atom. The van der Waals surface area contributed by atoms with E-state index in [2.05, 4.69) is 20.3 Å². The van der Waals surface area contributed by atoms with E-state index in [1.165, 1.54) is 0 Å². The summed E-state index contributed by atoms with van der Waals surface area (Å²) in [7, 11) is 0. The fourth-order valence-corrected chi connectivity index (χ4v) is 1.36. The number of nitrogens with one attached hydrogen (secondary N) is 1. The van der Waals surface area contributed by atoms with Crippen molar-refractivity contribution < 1.29 is 5.11 Å². The summed E-state index contributed by atoms with van der Waals surface area (Å²) in [5.41, 5.74) is 0.646. The number of aromatic nitrogens is 3. The molecule has 2 aromatic rings. The first-order valence-corrected chi connectivity index (χ1v) is 5.65. The normalized spacial score (nSPS) is 14.5. The minimum absolute atomic E-state index is 0.461. The fraction of sp³-hybridized carbons (Fsp3) is 0.417. The maximum Gasteiger partial charge on any atom is 0.180 e. The van der Waals surface area contributed by atoms with Crippen molar-refractivity contribution in [1.29, 1.82) is 0 Å². The van der Waals surface area contributed by atoms with Crippen LogP contribution in [0.1, 0.15) is 20.3 Å². The second-order valence-electron chi connectivity index (χ2n) is 4.30. The molecule has 0 fully saturated rings. The highest BCUT2D eigenvalue weighted by Gasteiger charge is 2.16. The van der Waals surface area contributed by atoms with Gasteiger partial charge in [0.2, 0.25) is 0 Å². The molecule has 0 bridgehead atoms. The van der Waals surface area contributed by atoms with Crippen LogP contribution in [0.4, 0.5) is 5.82 Å². The van der Waals surface area contributed by atoms with Crippen molar-refractivity contribution in [3.63, 3.8) is 0 Å². The average molecular weight is 232 g/mol. The fourth-order valence-electron chi connectivity index (χ4n) is 1.36. The topological polar surface area (TPSA) is 70.9 Å². The molecule has 0 aliphatic rings. The zero-order valence-electron chi connectivity index (χ0n) is 10.0. The Balaban J connectivity index is 2.14. The minimum Gasteiger partial charge on any atom is -0.388 e. The van der Waals surface area contributed by atoms with E-state index in [4.69, 9.17) is 0 Å². The van der Waals surface area contributed by atoms with Crippen LogP contribution < -0.4 is 5.32 Å². The third kappa shape index (κ3) is 2.88. The van der Waals surface area contributed by atoms with Crippen molar-refractivity contribution in [3.8, 4) is 0 Å². The lowest BCUT2D eigenvalue weighted by Gasteiger charge is -2.21. The van der Waals surface area contributed by atoms with E-state index in [9.17, 15) is 5.11 Å². The van der Waals surface area contributed by atoms with Gasteiger partial charge in [-0.1, -0.05) is 6.92 Å². The minimum atomic E-state index is -0.723. The summed E-state index contributed by atoms with van der Waals surface area (Å²) in [6, 6.07) is 3.70. The van der Waals surface area contributed by atoms with E-state index in [1.807, 2.05) is 19.1 Å². The summed E-state index contributed by atoms with van der Waals surface area (Å²) in [5, 5.41) is 13.0. The van der Waals surface area contributed by atoms with Gasteiger partial charge in [0.15, 0.2) is 5.65 Å². The van der Waals surface area contributed by atoms with Gasteiger partial charge in [-0.05, 0) is 25.5 Å². The molecule has 0 aromatic carbocycles. The predicted molar refractivity (Wildman–Crippen MR) is 66.7 cm³/mol. The first-order chi connectivity index (χ1) is 8.11. The van der Waals surface area contributed by atoms with Gasteiger partial charge in [0, 0.05) is 18.9 Å². The number of anilines is 1. The monoisotopic (exact) mass is 232 g/mol. The maximum absolute atomic E-state index is 9.88. The molecule has 2 N–H and O–H groups in total. The highest BCUT2D eigenvalue weighted by atomic mass is 16.3. The number of fused-ring (bicyclic) bond motifs is 1. The van der Waals surface area contributed by atoms with Crippen molar-refractivity contribution in [3.05, 3.63) is 24.5 Å². The van der Waals surface area contributed by atoms with Crippen LogP contribution in [0.2, 0.25) is 0 Å². The van der Waals surface area contributed by atoms with Crippen LogP contribution in [-0.2, 0) is 0 Å². The first kappa shape index (κ1) is 11.7. The lowest BCUT2D eigenvalue weighted by atomic mass is 10.0. The van der Waals surface area contributed by atoms with Crippen LogP contribution >= 0.6 is 0 Å². The standard InChI is InChI=1S/C12H16N4O/c1-3-12(2,17)8-15-10-5-4-9-11(16-10)14-7-6-13-9/h4-7,17H,3,8H2,1-2H3,(H,14,15,16). The van der Waals surface area contributed by atoms with Gasteiger partial charge in [0.25, 0.3) is 0 Å². The molecular weight excluding hydrogens is 216 g/mol. The molecule has 2 heterocycles. The molecule has 2 aromatic heterocycles. The number of nitrogens with zero attached hydrogens (tertiary/aromatic N) is 3. The Bertz CT molecular complexity index is 513. The van der Waals surface area contributed by atoms with Crippen LogP contribution in [0.5, 0.6) is 0 Å². The van der Waals surface area contributed by atoms with Crippen LogP contribution in [0.25, 0.3) is 11.2 Å². The highest BCUT2D eigenvalue weighted by molar-refractivity contribution is 5.71. The zero-order valence-corrected chi connectivity index (χ0v) is 10.0. The highest BCUT2D eigenvalue weighted by Crippen LogP contribution is 2.13. The third-order valence-electron chi connectivity index (χ3n) is 2.74. The largest absolute Gasteiger partial charge is 0.388 e. The Kier molecular flexibility index (Phi) is 3.19. The molecule has 0 spiro atoms. The smallest absolute Gasteiger partial charge is 0.180 e. The SMILES string of the molecule is CCC(C)(O)CNc1ccc2nccnc2n1. The number of hydrogen-bond acceptors (Lipinski definition) is 5. The van der Waals surface area contributed by atoms with E-state index in [1.54, 1.807) is 19.3 Å². The predicted octanol–water partition coefficient (Wildman–Crippen LogP) is 1.60. The van der Waals surface area contributed by atoms with Gasteiger partial charge in [0.1, 0.15) is 11.3 Å². The number of pyridine rings is 1. The molecule has 90 valence electrons. The van der Waals surface area contributed by atoms with Gasteiger partial charge in [-0.2, -0.15) is 0 Å².